The van der Waals surface area contributed by atoms with Gasteiger partial charge < -0.3 is 15.4 Å². The van der Waals surface area contributed by atoms with E-state index in [4.69, 9.17) is 4.74 Å². The summed E-state index contributed by atoms with van der Waals surface area (Å²) in [4.78, 5) is 22.8. The zero-order valence-corrected chi connectivity index (χ0v) is 13.2. The van der Waals surface area contributed by atoms with Gasteiger partial charge in [-0.1, -0.05) is 5.16 Å². The van der Waals surface area contributed by atoms with Gasteiger partial charge in [0.1, 0.15) is 5.60 Å². The number of carbonyl (C=O) groups excluding carboxylic acids is 1. The average molecular weight is 326 g/mol. The minimum atomic E-state index is -0.624. The fourth-order valence-corrected chi connectivity index (χ4v) is 1.60. The second kappa shape index (κ2) is 6.50. The van der Waals surface area contributed by atoms with Gasteiger partial charge in [0.05, 0.1) is 0 Å². The van der Waals surface area contributed by atoms with Crippen molar-refractivity contribution in [3.8, 4) is 11.5 Å². The number of hydrogen-bond acceptors (Lipinski definition) is 9. The Morgan fingerprint density at radius 1 is 1.26 bits per heavy atom. The Morgan fingerprint density at radius 3 is 2.61 bits per heavy atom. The molecule has 126 valence electrons. The van der Waals surface area contributed by atoms with Crippen molar-refractivity contribution in [1.82, 2.24) is 25.4 Å². The summed E-state index contributed by atoms with van der Waals surface area (Å²) in [6, 6.07) is 0. The standard InChI is InChI=1S/C12H18N6O5/c1-12(2,3)21-10(19)14-6-5-13-8-7(15-23-16-8)9-17-22-11(20)18(9)4/h5-6H2,1-4H3,(H,13,16)(H,14,19). The van der Waals surface area contributed by atoms with Crippen LogP contribution in [0.4, 0.5) is 10.6 Å². The second-order valence-corrected chi connectivity index (χ2v) is 5.65. The molecule has 2 heterocycles. The van der Waals surface area contributed by atoms with Crippen molar-refractivity contribution in [3.05, 3.63) is 10.6 Å². The lowest BCUT2D eigenvalue weighted by atomic mass is 10.2. The minimum Gasteiger partial charge on any atom is -0.444 e. The van der Waals surface area contributed by atoms with Gasteiger partial charge >= 0.3 is 11.8 Å². The first-order valence-corrected chi connectivity index (χ1v) is 6.84. The molecule has 0 radical (unpaired) electrons. The van der Waals surface area contributed by atoms with E-state index in [0.29, 0.717) is 13.1 Å². The average Bonchev–Trinajstić information content (AvgIpc) is 3.01. The van der Waals surface area contributed by atoms with Crippen molar-refractivity contribution < 1.29 is 18.7 Å². The number of amides is 1. The van der Waals surface area contributed by atoms with E-state index >= 15 is 0 Å². The summed E-state index contributed by atoms with van der Waals surface area (Å²) in [6.07, 6.45) is -0.517. The van der Waals surface area contributed by atoms with E-state index in [1.165, 1.54) is 11.6 Å². The van der Waals surface area contributed by atoms with Crippen LogP contribution >= 0.6 is 0 Å². The Labute approximate surface area is 130 Å². The molecule has 1 amide bonds. The van der Waals surface area contributed by atoms with Crippen molar-refractivity contribution in [1.29, 1.82) is 0 Å². The largest absolute Gasteiger partial charge is 0.444 e. The van der Waals surface area contributed by atoms with Gasteiger partial charge in [0.15, 0.2) is 5.69 Å². The molecule has 23 heavy (non-hydrogen) atoms. The van der Waals surface area contributed by atoms with Crippen LogP contribution in [0.25, 0.3) is 11.5 Å². The van der Waals surface area contributed by atoms with Crippen LogP contribution in [0.5, 0.6) is 0 Å². The Hall–Kier alpha value is -2.85. The van der Waals surface area contributed by atoms with E-state index in [1.807, 2.05) is 0 Å². The molecule has 0 aromatic carbocycles. The maximum absolute atomic E-state index is 11.5. The van der Waals surface area contributed by atoms with Crippen LogP contribution in [-0.4, -0.2) is 44.8 Å². The third kappa shape index (κ3) is 4.31. The monoisotopic (exact) mass is 326 g/mol. The van der Waals surface area contributed by atoms with Crippen LogP contribution < -0.4 is 16.4 Å². The lowest BCUT2D eigenvalue weighted by Crippen LogP contribution is -2.35. The van der Waals surface area contributed by atoms with Gasteiger partial charge in [-0.25, -0.2) is 14.2 Å². The van der Waals surface area contributed by atoms with Crippen molar-refractivity contribution in [2.75, 3.05) is 18.4 Å². The molecule has 11 heteroatoms. The highest BCUT2D eigenvalue weighted by molar-refractivity contribution is 5.68. The number of carbonyl (C=O) groups is 1. The molecule has 0 aliphatic rings. The Kier molecular flexibility index (Phi) is 4.67. The number of anilines is 1. The molecule has 2 aromatic rings. The fraction of sp³-hybridized carbons (Fsp3) is 0.583. The molecule has 2 aromatic heterocycles. The van der Waals surface area contributed by atoms with Gasteiger partial charge in [-0.05, 0) is 31.1 Å². The van der Waals surface area contributed by atoms with Gasteiger partial charge in [0.2, 0.25) is 11.6 Å². The van der Waals surface area contributed by atoms with E-state index < -0.39 is 17.5 Å². The van der Waals surface area contributed by atoms with E-state index in [-0.39, 0.29) is 17.3 Å². The molecule has 0 aliphatic carbocycles. The van der Waals surface area contributed by atoms with Crippen LogP contribution in [0.3, 0.4) is 0 Å². The van der Waals surface area contributed by atoms with Crippen molar-refractivity contribution in [2.24, 2.45) is 7.05 Å². The summed E-state index contributed by atoms with van der Waals surface area (Å²) in [5.74, 6) is -0.167. The quantitative estimate of drug-likeness (QED) is 0.746. The molecule has 0 atom stereocenters. The Bertz CT molecular complexity index is 725. The van der Waals surface area contributed by atoms with Gasteiger partial charge in [-0.15, -0.1) is 0 Å². The zero-order valence-electron chi connectivity index (χ0n) is 13.2. The number of nitrogens with zero attached hydrogens (tertiary/aromatic N) is 4. The van der Waals surface area contributed by atoms with Crippen LogP contribution in [0, 0.1) is 0 Å². The number of alkyl carbamates (subject to hydrolysis) is 1. The number of nitrogens with one attached hydrogen (secondary N) is 2. The molecule has 0 fully saturated rings. The first kappa shape index (κ1) is 16.5. The molecular formula is C12H18N6O5. The highest BCUT2D eigenvalue weighted by atomic mass is 16.6. The molecular weight excluding hydrogens is 308 g/mol. The second-order valence-electron chi connectivity index (χ2n) is 5.65. The molecule has 2 rings (SSSR count). The molecule has 0 unspecified atom stereocenters. The molecule has 0 saturated heterocycles. The van der Waals surface area contributed by atoms with Crippen molar-refractivity contribution in [3.63, 3.8) is 0 Å². The number of aromatic nitrogens is 4. The third-order valence-electron chi connectivity index (χ3n) is 2.59. The normalized spacial score (nSPS) is 11.3. The van der Waals surface area contributed by atoms with Gasteiger partial charge in [-0.2, -0.15) is 0 Å². The van der Waals surface area contributed by atoms with E-state index in [2.05, 4.69) is 35.3 Å². The van der Waals surface area contributed by atoms with Crippen molar-refractivity contribution in [2.45, 2.75) is 26.4 Å². The summed E-state index contributed by atoms with van der Waals surface area (Å²) in [5, 5.41) is 16.5. The highest BCUT2D eigenvalue weighted by Gasteiger charge is 2.19. The zero-order chi connectivity index (χ0) is 17.0. The van der Waals surface area contributed by atoms with Crippen LogP contribution in [0.15, 0.2) is 13.9 Å². The number of hydrogen-bond donors (Lipinski definition) is 2. The van der Waals surface area contributed by atoms with Crippen LogP contribution in [0.2, 0.25) is 0 Å². The van der Waals surface area contributed by atoms with Crippen LogP contribution in [0.1, 0.15) is 20.8 Å². The molecule has 0 aliphatic heterocycles. The lowest BCUT2D eigenvalue weighted by Gasteiger charge is -2.19. The van der Waals surface area contributed by atoms with Gasteiger partial charge in [0.25, 0.3) is 0 Å². The lowest BCUT2D eigenvalue weighted by molar-refractivity contribution is 0.0530. The molecule has 0 saturated carbocycles. The third-order valence-corrected chi connectivity index (χ3v) is 2.59. The SMILES string of the molecule is Cn1c(-c2nonc2NCCNC(=O)OC(C)(C)C)noc1=O. The first-order chi connectivity index (χ1) is 10.8. The minimum absolute atomic E-state index is 0.179. The Morgan fingerprint density at radius 2 is 2.00 bits per heavy atom. The number of ether oxygens (including phenoxy) is 1. The number of rotatable bonds is 5. The first-order valence-electron chi connectivity index (χ1n) is 6.84. The smallest absolute Gasteiger partial charge is 0.441 e. The van der Waals surface area contributed by atoms with Crippen molar-refractivity contribution >= 4 is 11.9 Å². The predicted molar refractivity (Wildman–Crippen MR) is 77.8 cm³/mol. The summed E-state index contributed by atoms with van der Waals surface area (Å²) in [7, 11) is 1.48. The fourth-order valence-electron chi connectivity index (χ4n) is 1.60. The molecule has 0 bridgehead atoms. The Balaban J connectivity index is 1.89. The van der Waals surface area contributed by atoms with Gasteiger partial charge in [-0.3, -0.25) is 9.09 Å². The van der Waals surface area contributed by atoms with Gasteiger partial charge in [0, 0.05) is 20.1 Å². The van der Waals surface area contributed by atoms with E-state index in [9.17, 15) is 9.59 Å². The maximum Gasteiger partial charge on any atom is 0.441 e. The highest BCUT2D eigenvalue weighted by Crippen LogP contribution is 2.20. The summed E-state index contributed by atoms with van der Waals surface area (Å²) in [5.41, 5.74) is -0.325. The molecule has 2 N–H and O–H groups in total. The summed E-state index contributed by atoms with van der Waals surface area (Å²) < 4.78 is 15.4. The van der Waals surface area contributed by atoms with E-state index in [1.54, 1.807) is 20.8 Å². The summed E-state index contributed by atoms with van der Waals surface area (Å²) >= 11 is 0. The van der Waals surface area contributed by atoms with E-state index in [0.717, 1.165) is 0 Å². The predicted octanol–water partition coefficient (Wildman–Crippen LogP) is 0.360. The topological polar surface area (TPSA) is 137 Å². The van der Waals surface area contributed by atoms with Crippen LogP contribution in [-0.2, 0) is 11.8 Å². The summed E-state index contributed by atoms with van der Waals surface area (Å²) in [6.45, 7) is 5.96. The maximum atomic E-state index is 11.5. The molecule has 11 nitrogen and oxygen atoms in total. The molecule has 0 spiro atoms.